The highest BCUT2D eigenvalue weighted by Crippen LogP contribution is 2.33. The Morgan fingerprint density at radius 3 is 2.42 bits per heavy atom. The number of rotatable bonds is 16. The summed E-state index contributed by atoms with van der Waals surface area (Å²) >= 11 is 0. The fraction of sp³-hybridized carbons (Fsp3) is 0.345. The Morgan fingerprint density at radius 2 is 1.65 bits per heavy atom. The summed E-state index contributed by atoms with van der Waals surface area (Å²) in [7, 11) is 3.13. The molecule has 0 aliphatic heterocycles. The Morgan fingerprint density at radius 1 is 0.925 bits per heavy atom. The lowest BCUT2D eigenvalue weighted by molar-refractivity contribution is -0.757. The van der Waals surface area contributed by atoms with Crippen molar-refractivity contribution in [3.63, 3.8) is 0 Å². The summed E-state index contributed by atoms with van der Waals surface area (Å²) in [5, 5.41) is 11.6. The van der Waals surface area contributed by atoms with E-state index in [0.717, 1.165) is 21.8 Å². The molecule has 0 saturated carbocycles. The third-order valence-corrected chi connectivity index (χ3v) is 6.45. The van der Waals surface area contributed by atoms with Gasteiger partial charge in [0.1, 0.15) is 25.1 Å². The van der Waals surface area contributed by atoms with Gasteiger partial charge in [0.2, 0.25) is 5.91 Å². The molecule has 0 bridgehead atoms. The van der Waals surface area contributed by atoms with Crippen molar-refractivity contribution in [3.05, 3.63) is 76.8 Å². The van der Waals surface area contributed by atoms with Crippen LogP contribution in [0.25, 0.3) is 21.8 Å². The number of nitrogens with one attached hydrogen (secondary N) is 1. The summed E-state index contributed by atoms with van der Waals surface area (Å²) in [4.78, 5) is 32.9. The van der Waals surface area contributed by atoms with Gasteiger partial charge in [-0.1, -0.05) is 36.4 Å². The van der Waals surface area contributed by atoms with Gasteiger partial charge < -0.3 is 33.7 Å². The molecule has 0 fully saturated rings. The number of amides is 1. The molecule has 4 rings (SSSR count). The van der Waals surface area contributed by atoms with Gasteiger partial charge in [0.15, 0.2) is 11.5 Å². The van der Waals surface area contributed by atoms with Gasteiger partial charge in [-0.2, -0.15) is 0 Å². The van der Waals surface area contributed by atoms with Crippen molar-refractivity contribution in [2.75, 3.05) is 47.1 Å². The topological polar surface area (TPSA) is 125 Å². The van der Waals surface area contributed by atoms with Crippen LogP contribution in [0.15, 0.2) is 66.7 Å². The normalized spacial score (nSPS) is 11.8. The van der Waals surface area contributed by atoms with Crippen LogP contribution >= 0.6 is 0 Å². The molecular formula is C29H33N3O8. The number of carbonyl (C=O) groups is 1. The second-order valence-electron chi connectivity index (χ2n) is 9.02. The fourth-order valence-electron chi connectivity index (χ4n) is 4.45. The first kappa shape index (κ1) is 28.5. The summed E-state index contributed by atoms with van der Waals surface area (Å²) in [5.74, 6) is 1.67. The van der Waals surface area contributed by atoms with Crippen LogP contribution in [0.1, 0.15) is 12.8 Å². The molecule has 1 amide bonds. The maximum absolute atomic E-state index is 13.1. The highest BCUT2D eigenvalue weighted by Gasteiger charge is 2.21. The van der Waals surface area contributed by atoms with Gasteiger partial charge in [0.05, 0.1) is 32.3 Å². The number of ether oxygens (including phenoxy) is 4. The fourth-order valence-corrected chi connectivity index (χ4v) is 4.45. The molecule has 11 nitrogen and oxygen atoms in total. The van der Waals surface area contributed by atoms with Gasteiger partial charge in [-0.3, -0.25) is 4.79 Å². The van der Waals surface area contributed by atoms with E-state index in [-0.39, 0.29) is 51.7 Å². The molecule has 0 aliphatic rings. The van der Waals surface area contributed by atoms with Gasteiger partial charge >= 0.3 is 0 Å². The number of aromatic amines is 1. The number of methoxy groups -OCH3 is 2. The molecule has 0 radical (unpaired) electrons. The van der Waals surface area contributed by atoms with E-state index in [0.29, 0.717) is 17.2 Å². The number of hydrogen-bond donors (Lipinski definition) is 1. The predicted octanol–water partition coefficient (Wildman–Crippen LogP) is 4.62. The van der Waals surface area contributed by atoms with Crippen molar-refractivity contribution >= 4 is 27.7 Å². The number of benzene rings is 3. The van der Waals surface area contributed by atoms with Crippen LogP contribution in [-0.4, -0.2) is 74.1 Å². The lowest BCUT2D eigenvalue weighted by Gasteiger charge is -2.27. The Balaban J connectivity index is 1.42. The minimum atomic E-state index is -0.865. The highest BCUT2D eigenvalue weighted by atomic mass is 16.9. The molecule has 40 heavy (non-hydrogen) atoms. The van der Waals surface area contributed by atoms with E-state index in [1.807, 2.05) is 54.6 Å². The third-order valence-electron chi connectivity index (χ3n) is 6.45. The van der Waals surface area contributed by atoms with E-state index in [2.05, 4.69) is 9.82 Å². The first-order valence-electron chi connectivity index (χ1n) is 13.0. The van der Waals surface area contributed by atoms with Gasteiger partial charge in [-0.05, 0) is 36.8 Å². The summed E-state index contributed by atoms with van der Waals surface area (Å²) in [6, 6.07) is 21.1. The van der Waals surface area contributed by atoms with Gasteiger partial charge in [0, 0.05) is 29.8 Å². The van der Waals surface area contributed by atoms with Crippen molar-refractivity contribution in [2.24, 2.45) is 0 Å². The number of carbonyl (C=O) groups excluding carboxylic acids is 1. The third kappa shape index (κ3) is 7.32. The molecule has 0 spiro atoms. The zero-order valence-corrected chi connectivity index (χ0v) is 22.5. The van der Waals surface area contributed by atoms with E-state index in [1.54, 1.807) is 31.3 Å². The van der Waals surface area contributed by atoms with E-state index >= 15 is 0 Å². The molecule has 1 heterocycles. The monoisotopic (exact) mass is 551 g/mol. The first-order chi connectivity index (χ1) is 19.5. The van der Waals surface area contributed by atoms with Crippen molar-refractivity contribution in [1.29, 1.82) is 0 Å². The maximum atomic E-state index is 13.1. The van der Waals surface area contributed by atoms with Crippen molar-refractivity contribution in [2.45, 2.75) is 18.9 Å². The summed E-state index contributed by atoms with van der Waals surface area (Å²) in [6.45, 7) is 0.769. The highest BCUT2D eigenvalue weighted by molar-refractivity contribution is 6.10. The predicted molar refractivity (Wildman–Crippen MR) is 149 cm³/mol. The molecule has 3 aromatic carbocycles. The van der Waals surface area contributed by atoms with Crippen LogP contribution in [0.5, 0.6) is 17.2 Å². The quantitative estimate of drug-likeness (QED) is 0.122. The second-order valence-corrected chi connectivity index (χ2v) is 9.02. The number of H-pyrrole nitrogens is 1. The van der Waals surface area contributed by atoms with Crippen LogP contribution in [-0.2, 0) is 14.4 Å². The zero-order valence-electron chi connectivity index (χ0n) is 22.5. The molecular weight excluding hydrogens is 518 g/mol. The Bertz CT molecular complexity index is 1420. The van der Waals surface area contributed by atoms with E-state index in [9.17, 15) is 14.9 Å². The lowest BCUT2D eigenvalue weighted by Crippen LogP contribution is -2.42. The van der Waals surface area contributed by atoms with Gasteiger partial charge in [-0.25, -0.2) is 0 Å². The van der Waals surface area contributed by atoms with E-state index in [1.165, 1.54) is 0 Å². The van der Waals surface area contributed by atoms with Crippen molar-refractivity contribution in [1.82, 2.24) is 9.88 Å². The van der Waals surface area contributed by atoms with Crippen LogP contribution in [0.3, 0.4) is 0 Å². The van der Waals surface area contributed by atoms with Gasteiger partial charge in [-0.15, -0.1) is 10.1 Å². The Kier molecular flexibility index (Phi) is 10.0. The average molecular weight is 552 g/mol. The second kappa shape index (κ2) is 14.0. The van der Waals surface area contributed by atoms with Crippen molar-refractivity contribution < 1.29 is 33.7 Å². The van der Waals surface area contributed by atoms with Crippen molar-refractivity contribution in [3.8, 4) is 17.2 Å². The van der Waals surface area contributed by atoms with Crippen LogP contribution in [0, 0.1) is 10.1 Å². The molecule has 0 aliphatic carbocycles. The molecule has 1 N–H and O–H groups in total. The molecule has 0 saturated heterocycles. The summed E-state index contributed by atoms with van der Waals surface area (Å²) < 4.78 is 23.1. The number of para-hydroxylation sites is 3. The summed E-state index contributed by atoms with van der Waals surface area (Å²) in [5.41, 5.74) is 1.99. The van der Waals surface area contributed by atoms with Crippen LogP contribution < -0.4 is 14.2 Å². The first-order valence-corrected chi connectivity index (χ1v) is 13.0. The summed E-state index contributed by atoms with van der Waals surface area (Å²) in [6.07, 6.45) is -0.153. The molecule has 1 aromatic heterocycles. The van der Waals surface area contributed by atoms with Crippen LogP contribution in [0.2, 0.25) is 0 Å². The number of aromatic nitrogens is 1. The Labute approximate surface area is 231 Å². The number of nitrogens with zero attached hydrogens (tertiary/aromatic N) is 2. The van der Waals surface area contributed by atoms with Crippen LogP contribution in [0.4, 0.5) is 0 Å². The molecule has 212 valence electrons. The largest absolute Gasteiger partial charge is 0.493 e. The molecule has 4 aromatic rings. The zero-order chi connectivity index (χ0) is 28.3. The minimum Gasteiger partial charge on any atom is -0.493 e. The standard InChI is InChI=1S/C29H33N3O8/c1-36-21(20-39-27-14-7-11-24-29(27)22-9-3-4-10-23(22)30-24)19-31(28(33)15-8-17-40-32(34)35)16-18-38-26-13-6-5-12-25(26)37-2/h3-7,9-14,21,30H,8,15-20H2,1-2H3. The molecule has 1 unspecified atom stereocenters. The Hall–Kier alpha value is -4.51. The molecule has 1 atom stereocenters. The lowest BCUT2D eigenvalue weighted by atomic mass is 10.1. The van der Waals surface area contributed by atoms with Gasteiger partial charge in [0.25, 0.3) is 5.09 Å². The molecule has 11 heteroatoms. The average Bonchev–Trinajstić information content (AvgIpc) is 3.36. The van der Waals surface area contributed by atoms with E-state index < -0.39 is 11.2 Å². The minimum absolute atomic E-state index is 0.0778. The number of fused-ring (bicyclic) bond motifs is 3. The smallest absolute Gasteiger partial charge is 0.294 e. The SMILES string of the molecule is COc1ccccc1OCCN(CC(COc1cccc2[nH]c3ccccc3c12)OC)C(=O)CCCO[N+](=O)[O-]. The van der Waals surface area contributed by atoms with E-state index in [4.69, 9.17) is 18.9 Å². The maximum Gasteiger partial charge on any atom is 0.294 e. The number of hydrogen-bond acceptors (Lipinski definition) is 8.